The van der Waals surface area contributed by atoms with E-state index in [9.17, 15) is 0 Å². The van der Waals surface area contributed by atoms with Crippen LogP contribution in [0.2, 0.25) is 0 Å². The number of hydrogen-bond acceptors (Lipinski definition) is 4. The average Bonchev–Trinajstić information content (AvgIpc) is 2.27. The lowest BCUT2D eigenvalue weighted by Gasteiger charge is -2.36. The molecule has 1 aliphatic heterocycles. The Morgan fingerprint density at radius 3 is 1.36 bits per heavy atom. The molecule has 0 aromatic rings. The van der Waals surface area contributed by atoms with E-state index in [0.717, 1.165) is 26.2 Å². The van der Waals surface area contributed by atoms with Crippen molar-refractivity contribution in [2.45, 2.75) is 0 Å². The molecule has 0 unspecified atom stereocenters. The van der Waals surface area contributed by atoms with Gasteiger partial charge in [0.2, 0.25) is 0 Å². The van der Waals surface area contributed by atoms with Crippen LogP contribution in [-0.2, 0) is 0 Å². The first-order valence-electron chi connectivity index (χ1n) is 4.44. The molecule has 14 heavy (non-hydrogen) atoms. The van der Waals surface area contributed by atoms with Crippen LogP contribution in [0.25, 0.3) is 0 Å². The molecule has 1 heterocycles. The SMILES string of the molecule is CSC(=N)N1CCN(C(=N)SC)CC1. The molecule has 1 rings (SSSR count). The Hall–Kier alpha value is -0.360. The van der Waals surface area contributed by atoms with Gasteiger partial charge >= 0.3 is 0 Å². The van der Waals surface area contributed by atoms with E-state index in [2.05, 4.69) is 9.80 Å². The summed E-state index contributed by atoms with van der Waals surface area (Å²) in [7, 11) is 0. The molecule has 0 saturated carbocycles. The van der Waals surface area contributed by atoms with E-state index in [0.29, 0.717) is 10.3 Å². The zero-order chi connectivity index (χ0) is 10.6. The van der Waals surface area contributed by atoms with Gasteiger partial charge in [-0.1, -0.05) is 23.5 Å². The molecule has 0 aliphatic carbocycles. The Morgan fingerprint density at radius 1 is 0.857 bits per heavy atom. The lowest BCUT2D eigenvalue weighted by Crippen LogP contribution is -2.49. The molecule has 80 valence electrons. The molecular formula is C8H16N4S2. The maximum Gasteiger partial charge on any atom is 0.156 e. The summed E-state index contributed by atoms with van der Waals surface area (Å²) in [5.74, 6) is 0. The molecule has 4 nitrogen and oxygen atoms in total. The number of nitrogens with one attached hydrogen (secondary N) is 2. The van der Waals surface area contributed by atoms with Crippen molar-refractivity contribution in [3.8, 4) is 0 Å². The minimum absolute atomic E-state index is 0.639. The van der Waals surface area contributed by atoms with Crippen LogP contribution in [0.15, 0.2) is 0 Å². The van der Waals surface area contributed by atoms with Crippen molar-refractivity contribution in [2.24, 2.45) is 0 Å². The van der Waals surface area contributed by atoms with Crippen LogP contribution in [0, 0.1) is 10.8 Å². The van der Waals surface area contributed by atoms with Gasteiger partial charge in [0.15, 0.2) is 10.3 Å². The first kappa shape index (κ1) is 11.7. The first-order chi connectivity index (χ1) is 6.69. The summed E-state index contributed by atoms with van der Waals surface area (Å²) in [6.07, 6.45) is 3.86. The minimum Gasteiger partial charge on any atom is -0.348 e. The highest BCUT2D eigenvalue weighted by Gasteiger charge is 2.19. The molecule has 1 aliphatic rings. The van der Waals surface area contributed by atoms with Crippen molar-refractivity contribution >= 4 is 33.9 Å². The second-order valence-corrected chi connectivity index (χ2v) is 4.58. The topological polar surface area (TPSA) is 54.2 Å². The molecule has 0 atom stereocenters. The van der Waals surface area contributed by atoms with Gasteiger partial charge < -0.3 is 9.80 Å². The predicted octanol–water partition coefficient (Wildman–Crippen LogP) is 1.20. The Morgan fingerprint density at radius 2 is 1.14 bits per heavy atom. The Labute approximate surface area is 93.4 Å². The van der Waals surface area contributed by atoms with Crippen molar-refractivity contribution in [3.05, 3.63) is 0 Å². The van der Waals surface area contributed by atoms with Crippen LogP contribution in [0.1, 0.15) is 0 Å². The van der Waals surface area contributed by atoms with Crippen LogP contribution in [0.3, 0.4) is 0 Å². The van der Waals surface area contributed by atoms with Crippen LogP contribution >= 0.6 is 23.5 Å². The summed E-state index contributed by atoms with van der Waals surface area (Å²) >= 11 is 2.96. The quantitative estimate of drug-likeness (QED) is 0.487. The zero-order valence-electron chi connectivity index (χ0n) is 8.54. The molecule has 0 amide bonds. The molecule has 1 saturated heterocycles. The van der Waals surface area contributed by atoms with Gasteiger partial charge in [0.25, 0.3) is 0 Å². The number of nitrogens with zero attached hydrogens (tertiary/aromatic N) is 2. The van der Waals surface area contributed by atoms with E-state index < -0.39 is 0 Å². The maximum absolute atomic E-state index is 7.66. The van der Waals surface area contributed by atoms with Crippen molar-refractivity contribution in [2.75, 3.05) is 38.7 Å². The average molecular weight is 232 g/mol. The fraction of sp³-hybridized carbons (Fsp3) is 0.750. The molecule has 1 fully saturated rings. The normalized spacial score (nSPS) is 17.0. The van der Waals surface area contributed by atoms with Crippen LogP contribution in [-0.4, -0.2) is 58.8 Å². The number of rotatable bonds is 0. The van der Waals surface area contributed by atoms with E-state index >= 15 is 0 Å². The summed E-state index contributed by atoms with van der Waals surface area (Å²) in [4.78, 5) is 4.13. The molecule has 0 radical (unpaired) electrons. The molecule has 0 bridgehead atoms. The van der Waals surface area contributed by atoms with Crippen molar-refractivity contribution in [1.29, 1.82) is 10.8 Å². The Kier molecular flexibility index (Phi) is 4.60. The van der Waals surface area contributed by atoms with Gasteiger partial charge in [-0.3, -0.25) is 10.8 Å². The van der Waals surface area contributed by atoms with Gasteiger partial charge in [-0.2, -0.15) is 0 Å². The number of hydrogen-bond donors (Lipinski definition) is 2. The molecule has 6 heteroatoms. The lowest BCUT2D eigenvalue weighted by atomic mass is 10.3. The highest BCUT2D eigenvalue weighted by atomic mass is 32.2. The highest BCUT2D eigenvalue weighted by Crippen LogP contribution is 2.11. The Balaban J connectivity index is 2.38. The summed E-state index contributed by atoms with van der Waals surface area (Å²) < 4.78 is 0. The predicted molar refractivity (Wildman–Crippen MR) is 65.6 cm³/mol. The maximum atomic E-state index is 7.66. The van der Waals surface area contributed by atoms with Crippen LogP contribution in [0.5, 0.6) is 0 Å². The van der Waals surface area contributed by atoms with Crippen molar-refractivity contribution in [3.63, 3.8) is 0 Å². The highest BCUT2D eigenvalue weighted by molar-refractivity contribution is 8.13. The van der Waals surface area contributed by atoms with Gasteiger partial charge in [-0.05, 0) is 12.5 Å². The van der Waals surface area contributed by atoms with Gasteiger partial charge in [-0.15, -0.1) is 0 Å². The van der Waals surface area contributed by atoms with Crippen LogP contribution in [0.4, 0.5) is 0 Å². The number of thioether (sulfide) groups is 2. The molecule has 0 aromatic heterocycles. The minimum atomic E-state index is 0.639. The second kappa shape index (κ2) is 5.50. The van der Waals surface area contributed by atoms with Crippen molar-refractivity contribution < 1.29 is 0 Å². The lowest BCUT2D eigenvalue weighted by molar-refractivity contribution is 0.264. The summed E-state index contributed by atoms with van der Waals surface area (Å²) in [5, 5.41) is 16.6. The van der Waals surface area contributed by atoms with Crippen molar-refractivity contribution in [1.82, 2.24) is 9.80 Å². The van der Waals surface area contributed by atoms with E-state index in [1.54, 1.807) is 0 Å². The number of amidine groups is 2. The summed E-state index contributed by atoms with van der Waals surface area (Å²) in [5.41, 5.74) is 0. The van der Waals surface area contributed by atoms with Gasteiger partial charge in [0.1, 0.15) is 0 Å². The second-order valence-electron chi connectivity index (χ2n) is 2.99. The molecule has 2 N–H and O–H groups in total. The Bertz CT molecular complexity index is 199. The fourth-order valence-electron chi connectivity index (χ4n) is 1.37. The van der Waals surface area contributed by atoms with E-state index in [-0.39, 0.29) is 0 Å². The standard InChI is InChI=1S/C8H16N4S2/c1-13-7(9)11-3-5-12(6-4-11)8(10)14-2/h9-10H,3-6H2,1-2H3. The third-order valence-corrected chi connectivity index (χ3v) is 3.53. The third kappa shape index (κ3) is 2.81. The fourth-order valence-corrected chi connectivity index (χ4v) is 2.25. The zero-order valence-corrected chi connectivity index (χ0v) is 10.2. The molecule has 0 spiro atoms. The summed E-state index contributed by atoms with van der Waals surface area (Å²) in [6.45, 7) is 3.45. The largest absolute Gasteiger partial charge is 0.348 e. The van der Waals surface area contributed by atoms with Gasteiger partial charge in [-0.25, -0.2) is 0 Å². The van der Waals surface area contributed by atoms with Gasteiger partial charge in [0, 0.05) is 26.2 Å². The van der Waals surface area contributed by atoms with E-state index in [1.165, 1.54) is 23.5 Å². The third-order valence-electron chi connectivity index (χ3n) is 2.24. The first-order valence-corrected chi connectivity index (χ1v) is 6.89. The molecular weight excluding hydrogens is 216 g/mol. The monoisotopic (exact) mass is 232 g/mol. The van der Waals surface area contributed by atoms with E-state index in [4.69, 9.17) is 10.8 Å². The van der Waals surface area contributed by atoms with Crippen LogP contribution < -0.4 is 0 Å². The number of piperazine rings is 1. The van der Waals surface area contributed by atoms with E-state index in [1.807, 2.05) is 12.5 Å². The summed E-state index contributed by atoms with van der Waals surface area (Å²) in [6, 6.07) is 0. The smallest absolute Gasteiger partial charge is 0.156 e. The molecule has 0 aromatic carbocycles. The van der Waals surface area contributed by atoms with Gasteiger partial charge in [0.05, 0.1) is 0 Å².